The highest BCUT2D eigenvalue weighted by atomic mass is 32.1. The zero-order valence-corrected chi connectivity index (χ0v) is 14.0. The lowest BCUT2D eigenvalue weighted by Gasteiger charge is -2.24. The molecule has 0 aliphatic heterocycles. The van der Waals surface area contributed by atoms with Gasteiger partial charge < -0.3 is 15.0 Å². The SMILES string of the molecule is CCOc1ccc(C(=O)NCC(c2ccsc2)N(C)C)cc1. The molecular weight excluding hydrogens is 296 g/mol. The van der Waals surface area contributed by atoms with Gasteiger partial charge >= 0.3 is 0 Å². The summed E-state index contributed by atoms with van der Waals surface area (Å²) in [5.74, 6) is 0.716. The van der Waals surface area contributed by atoms with Crippen LogP contribution in [0.5, 0.6) is 5.75 Å². The number of nitrogens with zero attached hydrogens (tertiary/aromatic N) is 1. The second-order valence-corrected chi connectivity index (χ2v) is 5.98. The van der Waals surface area contributed by atoms with Gasteiger partial charge in [-0.2, -0.15) is 11.3 Å². The number of ether oxygens (including phenoxy) is 1. The van der Waals surface area contributed by atoms with E-state index < -0.39 is 0 Å². The van der Waals surface area contributed by atoms with Crippen LogP contribution in [0.3, 0.4) is 0 Å². The van der Waals surface area contributed by atoms with Crippen LogP contribution >= 0.6 is 11.3 Å². The number of hydrogen-bond acceptors (Lipinski definition) is 4. The van der Waals surface area contributed by atoms with Gasteiger partial charge in [0, 0.05) is 12.1 Å². The lowest BCUT2D eigenvalue weighted by atomic mass is 10.1. The predicted octanol–water partition coefficient (Wildman–Crippen LogP) is 3.18. The third-order valence-electron chi connectivity index (χ3n) is 3.43. The Labute approximate surface area is 135 Å². The summed E-state index contributed by atoms with van der Waals surface area (Å²) in [4.78, 5) is 14.4. The molecule has 1 heterocycles. The Morgan fingerprint density at radius 3 is 2.55 bits per heavy atom. The van der Waals surface area contributed by atoms with Crippen molar-refractivity contribution in [1.82, 2.24) is 10.2 Å². The summed E-state index contributed by atoms with van der Waals surface area (Å²) in [6, 6.07) is 9.49. The predicted molar refractivity (Wildman–Crippen MR) is 90.7 cm³/mol. The molecule has 4 nitrogen and oxygen atoms in total. The van der Waals surface area contributed by atoms with E-state index in [0.29, 0.717) is 18.7 Å². The fourth-order valence-electron chi connectivity index (χ4n) is 2.22. The third-order valence-corrected chi connectivity index (χ3v) is 4.14. The van der Waals surface area contributed by atoms with Crippen molar-refractivity contribution < 1.29 is 9.53 Å². The molecular formula is C17H22N2O2S. The molecule has 0 spiro atoms. The maximum Gasteiger partial charge on any atom is 0.251 e. The molecule has 1 unspecified atom stereocenters. The zero-order valence-electron chi connectivity index (χ0n) is 13.2. The van der Waals surface area contributed by atoms with Crippen molar-refractivity contribution in [2.24, 2.45) is 0 Å². The summed E-state index contributed by atoms with van der Waals surface area (Å²) in [5, 5.41) is 7.18. The number of amides is 1. The lowest BCUT2D eigenvalue weighted by molar-refractivity contribution is 0.0942. The van der Waals surface area contributed by atoms with E-state index in [1.165, 1.54) is 5.56 Å². The summed E-state index contributed by atoms with van der Waals surface area (Å²) in [5.41, 5.74) is 1.87. The Morgan fingerprint density at radius 1 is 1.27 bits per heavy atom. The quantitative estimate of drug-likeness (QED) is 0.852. The van der Waals surface area contributed by atoms with Gasteiger partial charge in [-0.15, -0.1) is 0 Å². The van der Waals surface area contributed by atoms with Gasteiger partial charge in [-0.25, -0.2) is 0 Å². The molecule has 0 bridgehead atoms. The molecule has 22 heavy (non-hydrogen) atoms. The summed E-state index contributed by atoms with van der Waals surface area (Å²) < 4.78 is 5.38. The minimum Gasteiger partial charge on any atom is -0.494 e. The van der Waals surface area contributed by atoms with Gasteiger partial charge in [0.25, 0.3) is 5.91 Å². The van der Waals surface area contributed by atoms with Crippen LogP contribution in [0.4, 0.5) is 0 Å². The molecule has 5 heteroatoms. The Morgan fingerprint density at radius 2 is 2.00 bits per heavy atom. The third kappa shape index (κ3) is 4.32. The van der Waals surface area contributed by atoms with Crippen molar-refractivity contribution in [1.29, 1.82) is 0 Å². The molecule has 118 valence electrons. The zero-order chi connectivity index (χ0) is 15.9. The second kappa shape index (κ2) is 7.96. The maximum absolute atomic E-state index is 12.2. The molecule has 1 atom stereocenters. The Hall–Kier alpha value is -1.85. The van der Waals surface area contributed by atoms with E-state index in [-0.39, 0.29) is 11.9 Å². The van der Waals surface area contributed by atoms with E-state index in [1.54, 1.807) is 23.5 Å². The van der Waals surface area contributed by atoms with E-state index >= 15 is 0 Å². The number of hydrogen-bond donors (Lipinski definition) is 1. The maximum atomic E-state index is 12.2. The van der Waals surface area contributed by atoms with Crippen LogP contribution in [0.15, 0.2) is 41.1 Å². The van der Waals surface area contributed by atoms with Crippen molar-refractivity contribution in [3.63, 3.8) is 0 Å². The highest BCUT2D eigenvalue weighted by Gasteiger charge is 2.16. The first-order valence-corrected chi connectivity index (χ1v) is 8.25. The smallest absolute Gasteiger partial charge is 0.251 e. The van der Waals surface area contributed by atoms with Gasteiger partial charge in [0.2, 0.25) is 0 Å². The van der Waals surface area contributed by atoms with Gasteiger partial charge in [0.05, 0.1) is 12.6 Å². The first kappa shape index (κ1) is 16.5. The summed E-state index contributed by atoms with van der Waals surface area (Å²) >= 11 is 1.67. The fourth-order valence-corrected chi connectivity index (χ4v) is 2.93. The van der Waals surface area contributed by atoms with Gasteiger partial charge in [0.1, 0.15) is 5.75 Å². The molecule has 0 saturated carbocycles. The van der Waals surface area contributed by atoms with Gasteiger partial charge in [-0.3, -0.25) is 4.79 Å². The number of rotatable bonds is 7. The lowest BCUT2D eigenvalue weighted by Crippen LogP contribution is -2.34. The second-order valence-electron chi connectivity index (χ2n) is 5.20. The van der Waals surface area contributed by atoms with Crippen molar-refractivity contribution in [2.45, 2.75) is 13.0 Å². The number of benzene rings is 1. The summed E-state index contributed by atoms with van der Waals surface area (Å²) in [6.07, 6.45) is 0. The normalized spacial score (nSPS) is 12.2. The van der Waals surface area contributed by atoms with Crippen molar-refractivity contribution in [3.05, 3.63) is 52.2 Å². The fraction of sp³-hybridized carbons (Fsp3) is 0.353. The first-order chi connectivity index (χ1) is 10.6. The highest BCUT2D eigenvalue weighted by molar-refractivity contribution is 7.07. The van der Waals surface area contributed by atoms with Crippen molar-refractivity contribution in [3.8, 4) is 5.75 Å². The monoisotopic (exact) mass is 318 g/mol. The highest BCUT2D eigenvalue weighted by Crippen LogP contribution is 2.20. The summed E-state index contributed by atoms with van der Waals surface area (Å²) in [7, 11) is 4.04. The minimum absolute atomic E-state index is 0.0647. The molecule has 0 saturated heterocycles. The van der Waals surface area contributed by atoms with Gasteiger partial charge in [0.15, 0.2) is 0 Å². The summed E-state index contributed by atoms with van der Waals surface area (Å²) in [6.45, 7) is 3.14. The van der Waals surface area contributed by atoms with Crippen LogP contribution in [0.2, 0.25) is 0 Å². The molecule has 0 radical (unpaired) electrons. The van der Waals surface area contributed by atoms with Crippen molar-refractivity contribution in [2.75, 3.05) is 27.2 Å². The molecule has 1 aromatic carbocycles. The number of thiophene rings is 1. The number of carbonyl (C=O) groups excluding carboxylic acids is 1. The largest absolute Gasteiger partial charge is 0.494 e. The molecule has 0 aliphatic carbocycles. The van der Waals surface area contributed by atoms with Gasteiger partial charge in [-0.05, 0) is 67.7 Å². The first-order valence-electron chi connectivity index (χ1n) is 7.31. The van der Waals surface area contributed by atoms with Crippen LogP contribution in [0, 0.1) is 0 Å². The van der Waals surface area contributed by atoms with E-state index in [2.05, 4.69) is 27.0 Å². The van der Waals surface area contributed by atoms with Crippen LogP contribution < -0.4 is 10.1 Å². The van der Waals surface area contributed by atoms with E-state index in [0.717, 1.165) is 5.75 Å². The molecule has 2 rings (SSSR count). The average Bonchev–Trinajstić information content (AvgIpc) is 3.02. The molecule has 1 N–H and O–H groups in total. The van der Waals surface area contributed by atoms with E-state index in [9.17, 15) is 4.79 Å². The molecule has 2 aromatic rings. The van der Waals surface area contributed by atoms with Crippen molar-refractivity contribution >= 4 is 17.2 Å². The Balaban J connectivity index is 1.96. The minimum atomic E-state index is -0.0647. The number of nitrogens with one attached hydrogen (secondary N) is 1. The van der Waals surface area contributed by atoms with E-state index in [4.69, 9.17) is 4.74 Å². The van der Waals surface area contributed by atoms with Gasteiger partial charge in [-0.1, -0.05) is 0 Å². The average molecular weight is 318 g/mol. The van der Waals surface area contributed by atoms with Crippen LogP contribution in [0.25, 0.3) is 0 Å². The number of carbonyl (C=O) groups is 1. The van der Waals surface area contributed by atoms with Crippen LogP contribution in [-0.2, 0) is 0 Å². The topological polar surface area (TPSA) is 41.6 Å². The Kier molecular flexibility index (Phi) is 5.98. The Bertz CT molecular complexity index is 579. The standard InChI is InChI=1S/C17H22N2O2S/c1-4-21-15-7-5-13(6-8-15)17(20)18-11-16(19(2)3)14-9-10-22-12-14/h5-10,12,16H,4,11H2,1-3H3,(H,18,20). The van der Waals surface area contributed by atoms with Crippen LogP contribution in [-0.4, -0.2) is 38.1 Å². The van der Waals surface area contributed by atoms with E-state index in [1.807, 2.05) is 33.2 Å². The molecule has 1 aromatic heterocycles. The molecule has 0 aliphatic rings. The molecule has 0 fully saturated rings. The molecule has 1 amide bonds. The van der Waals surface area contributed by atoms with Crippen LogP contribution in [0.1, 0.15) is 28.9 Å². The number of likely N-dealkylation sites (N-methyl/N-ethyl adjacent to an activating group) is 1.